The molecular weight excluding hydrogens is 440 g/mol. The molecule has 0 bridgehead atoms. The average molecular weight is 464 g/mol. The van der Waals surface area contributed by atoms with Crippen molar-refractivity contribution < 1.29 is 23.8 Å². The lowest BCUT2D eigenvalue weighted by Gasteiger charge is -2.34. The molecule has 3 unspecified atom stereocenters. The standard InChI is InChI=1S/C23H24N6O5/c1-32-16-5-2-14(3-6-16)17-11-18-22-26-29(23(31)27(22)8-9-28(18)25-17)12-21(30)24-15-4-7-19-20(10-15)34-13-33-19/h2-10,17-18,22,25-26H,11-13H2,1H3,(H,24,30). The lowest BCUT2D eigenvalue weighted by Crippen LogP contribution is -2.54. The number of fused-ring (bicyclic) bond motifs is 4. The van der Waals surface area contributed by atoms with Gasteiger partial charge in [0.1, 0.15) is 18.5 Å². The predicted molar refractivity (Wildman–Crippen MR) is 120 cm³/mol. The van der Waals surface area contributed by atoms with E-state index in [9.17, 15) is 9.59 Å². The smallest absolute Gasteiger partial charge is 0.340 e. The Balaban J connectivity index is 1.11. The van der Waals surface area contributed by atoms with Crippen LogP contribution < -0.4 is 30.4 Å². The minimum absolute atomic E-state index is 0.00275. The fraction of sp³-hybridized carbons (Fsp3) is 0.304. The summed E-state index contributed by atoms with van der Waals surface area (Å²) in [6, 6.07) is 13.0. The van der Waals surface area contributed by atoms with Gasteiger partial charge < -0.3 is 24.5 Å². The third-order valence-corrected chi connectivity index (χ3v) is 6.41. The summed E-state index contributed by atoms with van der Waals surface area (Å²) in [5.41, 5.74) is 8.42. The molecule has 11 heteroatoms. The van der Waals surface area contributed by atoms with Gasteiger partial charge in [-0.3, -0.25) is 9.69 Å². The largest absolute Gasteiger partial charge is 0.497 e. The number of anilines is 1. The van der Waals surface area contributed by atoms with Crippen molar-refractivity contribution in [1.82, 2.24) is 25.8 Å². The van der Waals surface area contributed by atoms with E-state index in [0.29, 0.717) is 17.2 Å². The van der Waals surface area contributed by atoms with Crippen LogP contribution in [0.3, 0.4) is 0 Å². The zero-order valence-electron chi connectivity index (χ0n) is 18.4. The fourth-order valence-corrected chi connectivity index (χ4v) is 4.70. The molecule has 2 aromatic rings. The van der Waals surface area contributed by atoms with E-state index >= 15 is 0 Å². The SMILES string of the molecule is COc1ccc(C2CC3C4NN(CC(=O)Nc5ccc6c(c5)OCO6)C(=O)N4C=CN3N2)cc1. The molecule has 11 nitrogen and oxygen atoms in total. The summed E-state index contributed by atoms with van der Waals surface area (Å²) in [6.45, 7) is 0.0339. The molecule has 3 atom stereocenters. The fourth-order valence-electron chi connectivity index (χ4n) is 4.70. The first-order valence-electron chi connectivity index (χ1n) is 11.0. The third-order valence-electron chi connectivity index (χ3n) is 6.41. The number of amides is 3. The highest BCUT2D eigenvalue weighted by molar-refractivity contribution is 5.95. The molecule has 3 N–H and O–H groups in total. The Hall–Kier alpha value is -3.96. The van der Waals surface area contributed by atoms with Gasteiger partial charge in [-0.05, 0) is 36.2 Å². The Morgan fingerprint density at radius 3 is 2.76 bits per heavy atom. The van der Waals surface area contributed by atoms with Crippen LogP contribution in [0.4, 0.5) is 10.5 Å². The van der Waals surface area contributed by atoms with E-state index in [0.717, 1.165) is 17.7 Å². The maximum Gasteiger partial charge on any atom is 0.340 e. The molecule has 3 amide bonds. The van der Waals surface area contributed by atoms with Gasteiger partial charge in [0.05, 0.1) is 19.2 Å². The summed E-state index contributed by atoms with van der Waals surface area (Å²) in [6.07, 6.45) is 4.09. The van der Waals surface area contributed by atoms with Gasteiger partial charge in [-0.15, -0.1) is 0 Å². The van der Waals surface area contributed by atoms with Gasteiger partial charge in [0.25, 0.3) is 0 Å². The number of nitrogens with one attached hydrogen (secondary N) is 3. The minimum atomic E-state index is -0.318. The molecule has 176 valence electrons. The van der Waals surface area contributed by atoms with E-state index in [2.05, 4.69) is 16.2 Å². The molecule has 0 aliphatic carbocycles. The number of benzene rings is 2. The summed E-state index contributed by atoms with van der Waals surface area (Å²) in [4.78, 5) is 27.2. The van der Waals surface area contributed by atoms with Crippen molar-refractivity contribution in [3.8, 4) is 17.2 Å². The number of rotatable bonds is 5. The molecule has 6 rings (SSSR count). The van der Waals surface area contributed by atoms with Crippen LogP contribution in [0.2, 0.25) is 0 Å². The van der Waals surface area contributed by atoms with Crippen LogP contribution in [0, 0.1) is 0 Å². The summed E-state index contributed by atoms with van der Waals surface area (Å²) in [7, 11) is 1.65. The number of ether oxygens (including phenoxy) is 3. The van der Waals surface area contributed by atoms with Gasteiger partial charge in [-0.1, -0.05) is 12.1 Å². The van der Waals surface area contributed by atoms with Gasteiger partial charge in [-0.2, -0.15) is 0 Å². The molecule has 0 spiro atoms. The van der Waals surface area contributed by atoms with Crippen molar-refractivity contribution in [3.05, 3.63) is 60.4 Å². The number of carbonyl (C=O) groups is 2. The van der Waals surface area contributed by atoms with Crippen molar-refractivity contribution in [2.24, 2.45) is 0 Å². The number of hydrazine groups is 2. The number of carbonyl (C=O) groups excluding carboxylic acids is 2. The molecule has 4 heterocycles. The summed E-state index contributed by atoms with van der Waals surface area (Å²) < 4.78 is 15.9. The lowest BCUT2D eigenvalue weighted by atomic mass is 10.00. The van der Waals surface area contributed by atoms with Crippen LogP contribution in [-0.4, -0.2) is 59.5 Å². The predicted octanol–water partition coefficient (Wildman–Crippen LogP) is 1.74. The number of urea groups is 1. The van der Waals surface area contributed by atoms with E-state index in [4.69, 9.17) is 14.2 Å². The van der Waals surface area contributed by atoms with Crippen molar-refractivity contribution in [2.45, 2.75) is 24.7 Å². The van der Waals surface area contributed by atoms with E-state index in [1.807, 2.05) is 35.5 Å². The van der Waals surface area contributed by atoms with E-state index < -0.39 is 0 Å². The quantitative estimate of drug-likeness (QED) is 0.614. The van der Waals surface area contributed by atoms with Gasteiger partial charge in [-0.25, -0.2) is 20.7 Å². The highest BCUT2D eigenvalue weighted by atomic mass is 16.7. The second kappa shape index (κ2) is 8.12. The van der Waals surface area contributed by atoms with Gasteiger partial charge >= 0.3 is 6.03 Å². The molecule has 2 aromatic carbocycles. The van der Waals surface area contributed by atoms with E-state index in [1.54, 1.807) is 36.4 Å². The average Bonchev–Trinajstić information content (AvgIpc) is 3.56. The Labute approximate surface area is 195 Å². The summed E-state index contributed by atoms with van der Waals surface area (Å²) in [5.74, 6) is 1.71. The van der Waals surface area contributed by atoms with Crippen LogP contribution in [-0.2, 0) is 4.79 Å². The highest BCUT2D eigenvalue weighted by Gasteiger charge is 2.48. The van der Waals surface area contributed by atoms with Crippen LogP contribution in [0.15, 0.2) is 54.9 Å². The molecule has 4 aliphatic heterocycles. The Kier molecular flexibility index (Phi) is 4.93. The van der Waals surface area contributed by atoms with Crippen LogP contribution >= 0.6 is 0 Å². The molecule has 2 fully saturated rings. The van der Waals surface area contributed by atoms with Gasteiger partial charge in [0, 0.05) is 24.2 Å². The third kappa shape index (κ3) is 3.55. The molecular formula is C23H24N6O5. The van der Waals surface area contributed by atoms with Gasteiger partial charge in [0.15, 0.2) is 11.5 Å². The normalized spacial score (nSPS) is 24.3. The van der Waals surface area contributed by atoms with Crippen molar-refractivity contribution >= 4 is 17.6 Å². The van der Waals surface area contributed by atoms with Crippen molar-refractivity contribution in [2.75, 3.05) is 25.8 Å². The topological polar surface area (TPSA) is 108 Å². The molecule has 4 aliphatic rings. The number of nitrogens with zero attached hydrogens (tertiary/aromatic N) is 3. The zero-order chi connectivity index (χ0) is 23.2. The Morgan fingerprint density at radius 1 is 1.12 bits per heavy atom. The van der Waals surface area contributed by atoms with Crippen molar-refractivity contribution in [3.63, 3.8) is 0 Å². The molecule has 0 aromatic heterocycles. The first-order chi connectivity index (χ1) is 16.6. The molecule has 2 saturated heterocycles. The number of hydrogen-bond acceptors (Lipinski definition) is 8. The molecule has 0 saturated carbocycles. The highest BCUT2D eigenvalue weighted by Crippen LogP contribution is 2.36. The first-order valence-corrected chi connectivity index (χ1v) is 11.0. The Bertz CT molecular complexity index is 1160. The lowest BCUT2D eigenvalue weighted by molar-refractivity contribution is -0.117. The Morgan fingerprint density at radius 2 is 1.94 bits per heavy atom. The van der Waals surface area contributed by atoms with E-state index in [1.165, 1.54) is 5.01 Å². The van der Waals surface area contributed by atoms with Gasteiger partial charge in [0.2, 0.25) is 12.7 Å². The van der Waals surface area contributed by atoms with E-state index in [-0.39, 0.29) is 43.5 Å². The summed E-state index contributed by atoms with van der Waals surface area (Å²) >= 11 is 0. The molecule has 0 radical (unpaired) electrons. The second-order valence-corrected chi connectivity index (χ2v) is 8.43. The second-order valence-electron chi connectivity index (χ2n) is 8.43. The monoisotopic (exact) mass is 464 g/mol. The summed E-state index contributed by atoms with van der Waals surface area (Å²) in [5, 5.41) is 6.18. The van der Waals surface area contributed by atoms with Crippen molar-refractivity contribution in [1.29, 1.82) is 0 Å². The maximum atomic E-state index is 13.0. The zero-order valence-corrected chi connectivity index (χ0v) is 18.4. The first kappa shape index (κ1) is 20.6. The number of methoxy groups -OCH3 is 1. The van der Waals surface area contributed by atoms with Crippen LogP contribution in [0.25, 0.3) is 0 Å². The molecule has 34 heavy (non-hydrogen) atoms. The maximum absolute atomic E-state index is 13.0. The van der Waals surface area contributed by atoms with Crippen LogP contribution in [0.5, 0.6) is 17.2 Å². The minimum Gasteiger partial charge on any atom is -0.497 e. The van der Waals surface area contributed by atoms with Crippen LogP contribution in [0.1, 0.15) is 18.0 Å². The number of hydrogen-bond donors (Lipinski definition) is 3.